The predicted octanol–water partition coefficient (Wildman–Crippen LogP) is 2.75. The van der Waals surface area contributed by atoms with E-state index in [4.69, 9.17) is 4.74 Å². The summed E-state index contributed by atoms with van der Waals surface area (Å²) in [5.74, 6) is 0.393. The minimum absolute atomic E-state index is 0.190. The Morgan fingerprint density at radius 3 is 2.47 bits per heavy atom. The number of allylic oxidation sites excluding steroid dienone is 2. The van der Waals surface area contributed by atoms with Crippen LogP contribution in [0.4, 0.5) is 0 Å². The lowest BCUT2D eigenvalue weighted by molar-refractivity contribution is -0.131. The summed E-state index contributed by atoms with van der Waals surface area (Å²) in [7, 11) is 0. The van der Waals surface area contributed by atoms with E-state index in [2.05, 4.69) is 0 Å². The van der Waals surface area contributed by atoms with Gasteiger partial charge in [0.2, 0.25) is 0 Å². The van der Waals surface area contributed by atoms with Crippen LogP contribution in [0.25, 0.3) is 5.57 Å². The van der Waals surface area contributed by atoms with E-state index in [1.54, 1.807) is 18.2 Å². The molecule has 1 aliphatic carbocycles. The molecule has 3 nitrogen and oxygen atoms in total. The van der Waals surface area contributed by atoms with E-state index in [-0.39, 0.29) is 11.8 Å². The Bertz CT molecular complexity index is 469. The lowest BCUT2D eigenvalue weighted by Gasteiger charge is -2.12. The lowest BCUT2D eigenvalue weighted by Crippen LogP contribution is -2.03. The average molecular weight is 230 g/mol. The molecule has 17 heavy (non-hydrogen) atoms. The number of rotatable bonds is 2. The Morgan fingerprint density at radius 2 is 1.88 bits per heavy atom. The summed E-state index contributed by atoms with van der Waals surface area (Å²) in [5.41, 5.74) is 2.09. The van der Waals surface area contributed by atoms with Gasteiger partial charge in [-0.05, 0) is 42.2 Å². The maximum Gasteiger partial charge on any atom is 0.308 e. The Balaban J connectivity index is 2.17. The number of benzene rings is 1. The van der Waals surface area contributed by atoms with E-state index in [9.17, 15) is 9.59 Å². The molecule has 1 aromatic rings. The fraction of sp³-hybridized carbons (Fsp3) is 0.286. The topological polar surface area (TPSA) is 43.4 Å². The third kappa shape index (κ3) is 3.03. The van der Waals surface area contributed by atoms with Gasteiger partial charge in [0, 0.05) is 13.3 Å². The van der Waals surface area contributed by atoms with Gasteiger partial charge in [-0.2, -0.15) is 0 Å². The zero-order valence-electron chi connectivity index (χ0n) is 9.73. The molecule has 0 unspecified atom stereocenters. The van der Waals surface area contributed by atoms with Gasteiger partial charge in [-0.3, -0.25) is 9.59 Å². The van der Waals surface area contributed by atoms with Crippen LogP contribution in [0.1, 0.15) is 31.7 Å². The largest absolute Gasteiger partial charge is 0.427 e. The van der Waals surface area contributed by atoms with Crippen molar-refractivity contribution in [2.45, 2.75) is 26.2 Å². The second kappa shape index (κ2) is 4.95. The highest BCUT2D eigenvalue weighted by molar-refractivity contribution is 5.98. The summed E-state index contributed by atoms with van der Waals surface area (Å²) in [5, 5.41) is 0. The minimum atomic E-state index is -0.329. The molecule has 0 heterocycles. The van der Waals surface area contributed by atoms with E-state index in [1.165, 1.54) is 6.92 Å². The van der Waals surface area contributed by atoms with Crippen LogP contribution in [0.3, 0.4) is 0 Å². The van der Waals surface area contributed by atoms with Crippen molar-refractivity contribution in [3.8, 4) is 5.75 Å². The minimum Gasteiger partial charge on any atom is -0.427 e. The Labute approximate surface area is 100 Å². The van der Waals surface area contributed by atoms with Gasteiger partial charge in [-0.25, -0.2) is 0 Å². The first-order valence-electron chi connectivity index (χ1n) is 5.67. The van der Waals surface area contributed by atoms with Crippen LogP contribution in [0.5, 0.6) is 5.75 Å². The Kier molecular flexibility index (Phi) is 3.38. The molecule has 0 spiro atoms. The number of hydrogen-bond acceptors (Lipinski definition) is 3. The fourth-order valence-electron chi connectivity index (χ4n) is 1.92. The molecule has 88 valence electrons. The summed E-state index contributed by atoms with van der Waals surface area (Å²) >= 11 is 0. The molecular formula is C14H14O3. The second-order valence-electron chi connectivity index (χ2n) is 4.11. The van der Waals surface area contributed by atoms with Crippen LogP contribution in [0.2, 0.25) is 0 Å². The molecule has 0 aliphatic heterocycles. The Hall–Kier alpha value is -1.90. The third-order valence-corrected chi connectivity index (χ3v) is 2.69. The van der Waals surface area contributed by atoms with Crippen molar-refractivity contribution in [2.75, 3.05) is 0 Å². The maximum atomic E-state index is 11.3. The molecule has 3 heteroatoms. The number of hydrogen-bond donors (Lipinski definition) is 0. The van der Waals surface area contributed by atoms with E-state index in [0.29, 0.717) is 12.2 Å². The Morgan fingerprint density at radius 1 is 1.18 bits per heavy atom. The standard InChI is InChI=1S/C14H14O3/c1-10(15)17-14-7-5-11(6-8-14)12-3-2-4-13(16)9-12/h5-9H,2-4H2,1H3. The first-order chi connectivity index (χ1) is 8.15. The van der Waals surface area contributed by atoms with Crippen molar-refractivity contribution in [1.29, 1.82) is 0 Å². The second-order valence-corrected chi connectivity index (χ2v) is 4.11. The monoisotopic (exact) mass is 230 g/mol. The van der Waals surface area contributed by atoms with E-state index in [0.717, 1.165) is 24.0 Å². The van der Waals surface area contributed by atoms with Gasteiger partial charge in [0.05, 0.1) is 0 Å². The molecule has 0 amide bonds. The van der Waals surface area contributed by atoms with Gasteiger partial charge in [0.1, 0.15) is 5.75 Å². The van der Waals surface area contributed by atoms with Gasteiger partial charge in [0.15, 0.2) is 5.78 Å². The van der Waals surface area contributed by atoms with Crippen LogP contribution >= 0.6 is 0 Å². The predicted molar refractivity (Wildman–Crippen MR) is 64.6 cm³/mol. The number of esters is 1. The zero-order chi connectivity index (χ0) is 12.3. The van der Waals surface area contributed by atoms with Crippen LogP contribution < -0.4 is 4.74 Å². The number of ether oxygens (including phenoxy) is 1. The fourth-order valence-corrected chi connectivity index (χ4v) is 1.92. The van der Waals surface area contributed by atoms with Gasteiger partial charge < -0.3 is 4.74 Å². The summed E-state index contributed by atoms with van der Waals surface area (Å²) in [6.45, 7) is 1.37. The van der Waals surface area contributed by atoms with Crippen molar-refractivity contribution < 1.29 is 14.3 Å². The molecule has 0 radical (unpaired) electrons. The van der Waals surface area contributed by atoms with Gasteiger partial charge in [0.25, 0.3) is 0 Å². The normalized spacial score (nSPS) is 15.4. The average Bonchev–Trinajstić information content (AvgIpc) is 2.29. The van der Waals surface area contributed by atoms with Gasteiger partial charge >= 0.3 is 5.97 Å². The van der Waals surface area contributed by atoms with E-state index in [1.807, 2.05) is 12.1 Å². The van der Waals surface area contributed by atoms with Crippen molar-refractivity contribution in [3.05, 3.63) is 35.9 Å². The van der Waals surface area contributed by atoms with Crippen molar-refractivity contribution in [1.82, 2.24) is 0 Å². The molecule has 2 rings (SSSR count). The number of ketones is 1. The van der Waals surface area contributed by atoms with Gasteiger partial charge in [-0.15, -0.1) is 0 Å². The van der Waals surface area contributed by atoms with Crippen molar-refractivity contribution in [3.63, 3.8) is 0 Å². The highest BCUT2D eigenvalue weighted by atomic mass is 16.5. The maximum absolute atomic E-state index is 11.3. The molecule has 1 aromatic carbocycles. The molecule has 1 aliphatic rings. The lowest BCUT2D eigenvalue weighted by atomic mass is 9.93. The summed E-state index contributed by atoms with van der Waals surface area (Å²) in [6, 6.07) is 7.25. The SMILES string of the molecule is CC(=O)Oc1ccc(C2=CC(=O)CCC2)cc1. The van der Waals surface area contributed by atoms with E-state index < -0.39 is 0 Å². The van der Waals surface area contributed by atoms with Gasteiger partial charge in [-0.1, -0.05) is 12.1 Å². The highest BCUT2D eigenvalue weighted by Gasteiger charge is 2.11. The number of carbonyl (C=O) groups is 2. The third-order valence-electron chi connectivity index (χ3n) is 2.69. The number of carbonyl (C=O) groups excluding carboxylic acids is 2. The molecule has 0 bridgehead atoms. The van der Waals surface area contributed by atoms with Crippen LogP contribution in [-0.2, 0) is 9.59 Å². The zero-order valence-corrected chi connectivity index (χ0v) is 9.73. The van der Waals surface area contributed by atoms with Crippen LogP contribution in [0, 0.1) is 0 Å². The summed E-state index contributed by atoms with van der Waals surface area (Å²) in [4.78, 5) is 22.1. The summed E-state index contributed by atoms with van der Waals surface area (Å²) in [6.07, 6.45) is 4.20. The molecule has 0 aromatic heterocycles. The van der Waals surface area contributed by atoms with Crippen LogP contribution in [0.15, 0.2) is 30.3 Å². The van der Waals surface area contributed by atoms with Crippen molar-refractivity contribution >= 4 is 17.3 Å². The molecular weight excluding hydrogens is 216 g/mol. The molecule has 0 atom stereocenters. The molecule has 0 saturated heterocycles. The smallest absolute Gasteiger partial charge is 0.308 e. The van der Waals surface area contributed by atoms with Crippen molar-refractivity contribution in [2.24, 2.45) is 0 Å². The summed E-state index contributed by atoms with van der Waals surface area (Å²) < 4.78 is 4.95. The molecule has 0 saturated carbocycles. The van der Waals surface area contributed by atoms with E-state index >= 15 is 0 Å². The highest BCUT2D eigenvalue weighted by Crippen LogP contribution is 2.26. The first kappa shape index (κ1) is 11.6. The quantitative estimate of drug-likeness (QED) is 0.579. The molecule has 0 N–H and O–H groups in total. The van der Waals surface area contributed by atoms with Crippen LogP contribution in [-0.4, -0.2) is 11.8 Å². The first-order valence-corrected chi connectivity index (χ1v) is 5.67. The molecule has 0 fully saturated rings.